The fourth-order valence-corrected chi connectivity index (χ4v) is 3.79. The molecular formula is C18H23N5O2S. The van der Waals surface area contributed by atoms with Gasteiger partial charge in [-0.2, -0.15) is 0 Å². The summed E-state index contributed by atoms with van der Waals surface area (Å²) < 4.78 is 0. The van der Waals surface area contributed by atoms with Crippen LogP contribution in [0.1, 0.15) is 18.5 Å². The molecule has 3 rings (SSSR count). The number of hydrogen-bond acceptors (Lipinski definition) is 6. The Morgan fingerprint density at radius 1 is 1.19 bits per heavy atom. The third-order valence-electron chi connectivity index (χ3n) is 4.31. The van der Waals surface area contributed by atoms with Crippen LogP contribution >= 0.6 is 11.3 Å². The number of amides is 3. The Labute approximate surface area is 157 Å². The summed E-state index contributed by atoms with van der Waals surface area (Å²) in [6, 6.07) is 8.64. The monoisotopic (exact) mass is 373 g/mol. The smallest absolute Gasteiger partial charge is 0.321 e. The highest BCUT2D eigenvalue weighted by Crippen LogP contribution is 2.25. The number of thiazole rings is 1. The zero-order valence-corrected chi connectivity index (χ0v) is 15.5. The molecule has 3 amide bonds. The van der Waals surface area contributed by atoms with Crippen LogP contribution in [0.3, 0.4) is 0 Å². The maximum atomic E-state index is 12.8. The van der Waals surface area contributed by atoms with E-state index in [9.17, 15) is 9.59 Å². The van der Waals surface area contributed by atoms with E-state index in [1.54, 1.807) is 17.5 Å². The minimum Gasteiger partial charge on any atom is -0.346 e. The molecule has 1 atom stereocenters. The van der Waals surface area contributed by atoms with Gasteiger partial charge >= 0.3 is 6.03 Å². The molecule has 1 aromatic heterocycles. The Hall–Kier alpha value is -2.45. The van der Waals surface area contributed by atoms with Crippen LogP contribution < -0.4 is 15.5 Å². The molecular weight excluding hydrogens is 350 g/mol. The molecule has 2 heterocycles. The molecule has 0 aliphatic carbocycles. The van der Waals surface area contributed by atoms with Gasteiger partial charge in [-0.05, 0) is 12.5 Å². The van der Waals surface area contributed by atoms with Gasteiger partial charge in [-0.15, -0.1) is 11.3 Å². The summed E-state index contributed by atoms with van der Waals surface area (Å²) in [6.07, 6.45) is 1.80. The molecule has 1 unspecified atom stereocenters. The van der Waals surface area contributed by atoms with Crippen molar-refractivity contribution in [3.8, 4) is 0 Å². The van der Waals surface area contributed by atoms with Crippen molar-refractivity contribution >= 4 is 28.4 Å². The number of nitrogens with zero attached hydrogens (tertiary/aromatic N) is 3. The summed E-state index contributed by atoms with van der Waals surface area (Å²) in [7, 11) is 0. The SMILES string of the molecule is CCNC(=O)NC(=O)C(c1ccccc1)N1CCN(c2nccs2)CC1. The summed E-state index contributed by atoms with van der Waals surface area (Å²) in [5.41, 5.74) is 0.886. The van der Waals surface area contributed by atoms with E-state index in [0.717, 1.165) is 36.9 Å². The lowest BCUT2D eigenvalue weighted by atomic mass is 10.0. The molecule has 1 fully saturated rings. The summed E-state index contributed by atoms with van der Waals surface area (Å²) in [5, 5.41) is 8.04. The number of benzene rings is 1. The second-order valence-electron chi connectivity index (χ2n) is 6.00. The predicted octanol–water partition coefficient (Wildman–Crippen LogP) is 1.85. The zero-order valence-electron chi connectivity index (χ0n) is 14.7. The highest BCUT2D eigenvalue weighted by atomic mass is 32.1. The lowest BCUT2D eigenvalue weighted by Gasteiger charge is -2.38. The maximum Gasteiger partial charge on any atom is 0.321 e. The highest BCUT2D eigenvalue weighted by molar-refractivity contribution is 7.13. The summed E-state index contributed by atoms with van der Waals surface area (Å²) >= 11 is 1.62. The average molecular weight is 373 g/mol. The number of rotatable bonds is 5. The molecule has 26 heavy (non-hydrogen) atoms. The van der Waals surface area contributed by atoms with Gasteiger partial charge in [0.05, 0.1) is 0 Å². The molecule has 1 aliphatic rings. The van der Waals surface area contributed by atoms with Crippen molar-refractivity contribution in [2.45, 2.75) is 13.0 Å². The van der Waals surface area contributed by atoms with E-state index in [1.165, 1.54) is 0 Å². The quantitative estimate of drug-likeness (QED) is 0.836. The first-order valence-corrected chi connectivity index (χ1v) is 9.59. The molecule has 1 aliphatic heterocycles. The Morgan fingerprint density at radius 2 is 1.92 bits per heavy atom. The number of anilines is 1. The Bertz CT molecular complexity index is 714. The first kappa shape index (κ1) is 18.3. The molecule has 0 saturated carbocycles. The van der Waals surface area contributed by atoms with Gasteiger partial charge in [0, 0.05) is 44.3 Å². The van der Waals surface area contributed by atoms with Crippen LogP contribution in [0.5, 0.6) is 0 Å². The molecule has 8 heteroatoms. The van der Waals surface area contributed by atoms with Crippen LogP contribution in [0.15, 0.2) is 41.9 Å². The molecule has 1 saturated heterocycles. The summed E-state index contributed by atoms with van der Waals surface area (Å²) in [6.45, 7) is 5.33. The number of hydrogen-bond donors (Lipinski definition) is 2. The van der Waals surface area contributed by atoms with E-state index in [4.69, 9.17) is 0 Å². The molecule has 7 nitrogen and oxygen atoms in total. The zero-order chi connectivity index (χ0) is 18.4. The van der Waals surface area contributed by atoms with Crippen molar-refractivity contribution in [2.75, 3.05) is 37.6 Å². The van der Waals surface area contributed by atoms with Crippen LogP contribution in [-0.4, -0.2) is 54.5 Å². The average Bonchev–Trinajstić information content (AvgIpc) is 3.18. The second-order valence-corrected chi connectivity index (χ2v) is 6.87. The number of carbonyl (C=O) groups excluding carboxylic acids is 2. The van der Waals surface area contributed by atoms with Crippen molar-refractivity contribution in [1.29, 1.82) is 0 Å². The van der Waals surface area contributed by atoms with Crippen LogP contribution in [0.25, 0.3) is 0 Å². The number of aromatic nitrogens is 1. The Kier molecular flexibility index (Phi) is 6.19. The minimum atomic E-state index is -0.489. The number of piperazine rings is 1. The maximum absolute atomic E-state index is 12.8. The largest absolute Gasteiger partial charge is 0.346 e. The van der Waals surface area contributed by atoms with Crippen LogP contribution in [-0.2, 0) is 4.79 Å². The molecule has 2 aromatic rings. The third-order valence-corrected chi connectivity index (χ3v) is 5.14. The van der Waals surface area contributed by atoms with Gasteiger partial charge < -0.3 is 10.2 Å². The van der Waals surface area contributed by atoms with Crippen molar-refractivity contribution in [2.24, 2.45) is 0 Å². The number of imide groups is 1. The molecule has 2 N–H and O–H groups in total. The van der Waals surface area contributed by atoms with Crippen molar-refractivity contribution < 1.29 is 9.59 Å². The fourth-order valence-electron chi connectivity index (χ4n) is 3.09. The van der Waals surface area contributed by atoms with Gasteiger partial charge in [-0.1, -0.05) is 30.3 Å². The number of urea groups is 1. The standard InChI is InChI=1S/C18H23N5O2S/c1-2-19-17(25)21-16(24)15(14-6-4-3-5-7-14)22-9-11-23(12-10-22)18-20-8-13-26-18/h3-8,13,15H,2,9-12H2,1H3,(H2,19,21,24,25). The summed E-state index contributed by atoms with van der Waals surface area (Å²) in [5.74, 6) is -0.301. The molecule has 0 radical (unpaired) electrons. The second kappa shape index (κ2) is 8.77. The van der Waals surface area contributed by atoms with Gasteiger partial charge in [0.15, 0.2) is 5.13 Å². The highest BCUT2D eigenvalue weighted by Gasteiger charge is 2.31. The normalized spacial score (nSPS) is 16.1. The van der Waals surface area contributed by atoms with Gasteiger partial charge in [0.25, 0.3) is 0 Å². The van der Waals surface area contributed by atoms with E-state index in [1.807, 2.05) is 42.6 Å². The van der Waals surface area contributed by atoms with E-state index >= 15 is 0 Å². The van der Waals surface area contributed by atoms with Crippen LogP contribution in [0.4, 0.5) is 9.93 Å². The topological polar surface area (TPSA) is 77.6 Å². The first-order chi connectivity index (χ1) is 12.7. The van der Waals surface area contributed by atoms with E-state index in [-0.39, 0.29) is 5.91 Å². The van der Waals surface area contributed by atoms with Crippen molar-refractivity contribution in [1.82, 2.24) is 20.5 Å². The third kappa shape index (κ3) is 4.39. The van der Waals surface area contributed by atoms with E-state index in [0.29, 0.717) is 6.54 Å². The number of carbonyl (C=O) groups is 2. The fraction of sp³-hybridized carbons (Fsp3) is 0.389. The van der Waals surface area contributed by atoms with Crippen LogP contribution in [0, 0.1) is 0 Å². The van der Waals surface area contributed by atoms with Crippen molar-refractivity contribution in [3.05, 3.63) is 47.5 Å². The Balaban J connectivity index is 1.72. The van der Waals surface area contributed by atoms with Crippen molar-refractivity contribution in [3.63, 3.8) is 0 Å². The van der Waals surface area contributed by atoms with Gasteiger partial charge in [-0.25, -0.2) is 9.78 Å². The van der Waals surface area contributed by atoms with Gasteiger partial charge in [0.2, 0.25) is 5.91 Å². The minimum absolute atomic E-state index is 0.301. The summed E-state index contributed by atoms with van der Waals surface area (Å²) in [4.78, 5) is 33.3. The molecule has 1 aromatic carbocycles. The predicted molar refractivity (Wildman–Crippen MR) is 102 cm³/mol. The Morgan fingerprint density at radius 3 is 2.54 bits per heavy atom. The number of nitrogens with one attached hydrogen (secondary N) is 2. The van der Waals surface area contributed by atoms with Crippen LogP contribution in [0.2, 0.25) is 0 Å². The lowest BCUT2D eigenvalue weighted by Crippen LogP contribution is -2.52. The first-order valence-electron chi connectivity index (χ1n) is 8.71. The molecule has 0 spiro atoms. The van der Waals surface area contributed by atoms with Gasteiger partial charge in [0.1, 0.15) is 6.04 Å². The van der Waals surface area contributed by atoms with E-state index in [2.05, 4.69) is 25.4 Å². The molecule has 0 bridgehead atoms. The van der Waals surface area contributed by atoms with Gasteiger partial charge in [-0.3, -0.25) is 15.0 Å². The van der Waals surface area contributed by atoms with E-state index < -0.39 is 12.1 Å². The lowest BCUT2D eigenvalue weighted by molar-refractivity contribution is -0.125. The molecule has 138 valence electrons.